The lowest BCUT2D eigenvalue weighted by Gasteiger charge is -2.34. The fraction of sp³-hybridized carbons (Fsp3) is 0.706. The van der Waals surface area contributed by atoms with Crippen LogP contribution in [0.4, 0.5) is 0 Å². The summed E-state index contributed by atoms with van der Waals surface area (Å²) in [6.07, 6.45) is 3.59. The van der Waals surface area contributed by atoms with Crippen LogP contribution in [0.2, 0.25) is 0 Å². The molecule has 3 atom stereocenters. The van der Waals surface area contributed by atoms with Crippen molar-refractivity contribution in [2.45, 2.75) is 65.1 Å². The Hall–Kier alpha value is -1.10. The second-order valence-corrected chi connectivity index (χ2v) is 7.47. The predicted molar refractivity (Wildman–Crippen MR) is 91.1 cm³/mol. The van der Waals surface area contributed by atoms with E-state index in [9.17, 15) is 4.79 Å². The third kappa shape index (κ3) is 4.22. The van der Waals surface area contributed by atoms with Gasteiger partial charge in [0.2, 0.25) is 5.91 Å². The highest BCUT2D eigenvalue weighted by Crippen LogP contribution is 2.29. The van der Waals surface area contributed by atoms with Gasteiger partial charge in [-0.15, -0.1) is 0 Å². The predicted octanol–water partition coefficient (Wildman–Crippen LogP) is 3.43. The number of carbonyl (C=O) groups is 1. The van der Waals surface area contributed by atoms with Crippen molar-refractivity contribution in [1.29, 1.82) is 0 Å². The molecule has 1 N–H and O–H groups in total. The normalized spacial score (nSPS) is 25.0. The third-order valence-electron chi connectivity index (χ3n) is 5.00. The minimum Gasteiger partial charge on any atom is -0.352 e. The molecule has 0 aromatic carbocycles. The SMILES string of the molecule is Cc1nc(SCC(=O)N[C@H]2CCC[C@@H](C)[C@@H]2C)nc(C)c1C. The number of nitrogens with zero attached hydrogens (tertiary/aromatic N) is 2. The van der Waals surface area contributed by atoms with Gasteiger partial charge in [0.15, 0.2) is 5.16 Å². The Morgan fingerprint density at radius 3 is 2.45 bits per heavy atom. The number of rotatable bonds is 4. The maximum Gasteiger partial charge on any atom is 0.230 e. The van der Waals surface area contributed by atoms with E-state index in [0.717, 1.165) is 23.4 Å². The molecule has 22 heavy (non-hydrogen) atoms. The average molecular weight is 321 g/mol. The second-order valence-electron chi connectivity index (χ2n) is 6.53. The molecule has 0 radical (unpaired) electrons. The summed E-state index contributed by atoms with van der Waals surface area (Å²) in [5.74, 6) is 1.73. The van der Waals surface area contributed by atoms with Crippen LogP contribution in [0.15, 0.2) is 5.16 Å². The van der Waals surface area contributed by atoms with E-state index in [1.807, 2.05) is 20.8 Å². The summed E-state index contributed by atoms with van der Waals surface area (Å²) in [6, 6.07) is 0.319. The van der Waals surface area contributed by atoms with Crippen LogP contribution in [0.1, 0.15) is 50.1 Å². The Labute approximate surface area is 137 Å². The molecular weight excluding hydrogens is 294 g/mol. The molecule has 122 valence electrons. The topological polar surface area (TPSA) is 54.9 Å². The Bertz CT molecular complexity index is 524. The van der Waals surface area contributed by atoms with Crippen molar-refractivity contribution in [3.8, 4) is 0 Å². The van der Waals surface area contributed by atoms with Crippen molar-refractivity contribution in [3.63, 3.8) is 0 Å². The summed E-state index contributed by atoms with van der Waals surface area (Å²) in [4.78, 5) is 21.1. The van der Waals surface area contributed by atoms with Crippen molar-refractivity contribution < 1.29 is 4.79 Å². The molecule has 1 aromatic heterocycles. The molecule has 5 heteroatoms. The van der Waals surface area contributed by atoms with Crippen LogP contribution in [-0.2, 0) is 4.79 Å². The van der Waals surface area contributed by atoms with Crippen molar-refractivity contribution in [1.82, 2.24) is 15.3 Å². The molecule has 0 bridgehead atoms. The zero-order chi connectivity index (χ0) is 16.3. The Balaban J connectivity index is 1.88. The van der Waals surface area contributed by atoms with E-state index in [2.05, 4.69) is 29.1 Å². The Kier molecular flexibility index (Phi) is 5.84. The van der Waals surface area contributed by atoms with Gasteiger partial charge in [-0.2, -0.15) is 0 Å². The van der Waals surface area contributed by atoms with Crippen LogP contribution in [0, 0.1) is 32.6 Å². The lowest BCUT2D eigenvalue weighted by molar-refractivity contribution is -0.120. The number of aryl methyl sites for hydroxylation is 2. The van der Waals surface area contributed by atoms with Gasteiger partial charge >= 0.3 is 0 Å². The lowest BCUT2D eigenvalue weighted by atomic mass is 9.78. The van der Waals surface area contributed by atoms with Crippen molar-refractivity contribution in [2.24, 2.45) is 11.8 Å². The molecule has 4 nitrogen and oxygen atoms in total. The minimum atomic E-state index is 0.0930. The van der Waals surface area contributed by atoms with E-state index in [4.69, 9.17) is 0 Å². The van der Waals surface area contributed by atoms with Gasteiger partial charge in [0.25, 0.3) is 0 Å². The first-order chi connectivity index (χ1) is 10.4. The number of amides is 1. The molecule has 0 aliphatic heterocycles. The van der Waals surface area contributed by atoms with Crippen molar-refractivity contribution in [2.75, 3.05) is 5.75 Å². The van der Waals surface area contributed by atoms with Crippen LogP contribution < -0.4 is 5.32 Å². The molecule has 1 aliphatic carbocycles. The number of carbonyl (C=O) groups excluding carboxylic acids is 1. The first kappa shape index (κ1) is 17.3. The van der Waals surface area contributed by atoms with E-state index in [-0.39, 0.29) is 5.91 Å². The van der Waals surface area contributed by atoms with Crippen LogP contribution in [0.5, 0.6) is 0 Å². The van der Waals surface area contributed by atoms with E-state index >= 15 is 0 Å². The molecule has 0 unspecified atom stereocenters. The minimum absolute atomic E-state index is 0.0930. The van der Waals surface area contributed by atoms with E-state index in [1.165, 1.54) is 24.6 Å². The van der Waals surface area contributed by atoms with E-state index < -0.39 is 0 Å². The Morgan fingerprint density at radius 2 is 1.82 bits per heavy atom. The van der Waals surface area contributed by atoms with Gasteiger partial charge in [-0.1, -0.05) is 38.5 Å². The maximum atomic E-state index is 12.2. The van der Waals surface area contributed by atoms with Gasteiger partial charge < -0.3 is 5.32 Å². The highest BCUT2D eigenvalue weighted by molar-refractivity contribution is 7.99. The first-order valence-corrected chi connectivity index (χ1v) is 9.11. The number of hydrogen-bond donors (Lipinski definition) is 1. The van der Waals surface area contributed by atoms with Gasteiger partial charge in [-0.25, -0.2) is 9.97 Å². The van der Waals surface area contributed by atoms with Gasteiger partial charge in [-0.3, -0.25) is 4.79 Å². The standard InChI is InChI=1S/C17H27N3OS/c1-10-7-6-8-15(11(10)2)20-16(21)9-22-17-18-13(4)12(3)14(5)19-17/h10-11,15H,6-9H2,1-5H3,(H,20,21)/t10-,11+,15+/m1/s1. The van der Waals surface area contributed by atoms with E-state index in [1.54, 1.807) is 0 Å². The molecule has 1 heterocycles. The second kappa shape index (κ2) is 7.44. The molecule has 0 saturated heterocycles. The molecule has 1 amide bonds. The summed E-state index contributed by atoms with van der Waals surface area (Å²) in [5.41, 5.74) is 3.11. The van der Waals surface area contributed by atoms with Crippen LogP contribution >= 0.6 is 11.8 Å². The largest absolute Gasteiger partial charge is 0.352 e. The van der Waals surface area contributed by atoms with Crippen molar-refractivity contribution in [3.05, 3.63) is 17.0 Å². The van der Waals surface area contributed by atoms with Gasteiger partial charge in [-0.05, 0) is 44.6 Å². The van der Waals surface area contributed by atoms with Gasteiger partial charge in [0.05, 0.1) is 5.75 Å². The Morgan fingerprint density at radius 1 is 1.18 bits per heavy atom. The molecule has 1 aliphatic rings. The van der Waals surface area contributed by atoms with Gasteiger partial charge in [0, 0.05) is 17.4 Å². The number of aromatic nitrogens is 2. The zero-order valence-corrected chi connectivity index (χ0v) is 15.1. The number of thioether (sulfide) groups is 1. The van der Waals surface area contributed by atoms with Crippen LogP contribution in [-0.4, -0.2) is 27.7 Å². The first-order valence-electron chi connectivity index (χ1n) is 8.12. The number of nitrogens with one attached hydrogen (secondary N) is 1. The third-order valence-corrected chi connectivity index (χ3v) is 5.84. The summed E-state index contributed by atoms with van der Waals surface area (Å²) < 4.78 is 0. The van der Waals surface area contributed by atoms with Crippen LogP contribution in [0.3, 0.4) is 0 Å². The monoisotopic (exact) mass is 321 g/mol. The number of hydrogen-bond acceptors (Lipinski definition) is 4. The highest BCUT2D eigenvalue weighted by Gasteiger charge is 2.28. The maximum absolute atomic E-state index is 12.2. The summed E-state index contributed by atoms with van der Waals surface area (Å²) in [5, 5.41) is 3.89. The quantitative estimate of drug-likeness (QED) is 0.682. The molecule has 0 spiro atoms. The van der Waals surface area contributed by atoms with Crippen LogP contribution in [0.25, 0.3) is 0 Å². The molecular formula is C17H27N3OS. The lowest BCUT2D eigenvalue weighted by Crippen LogP contribution is -2.44. The average Bonchev–Trinajstić information content (AvgIpc) is 2.47. The molecule has 1 aromatic rings. The van der Waals surface area contributed by atoms with Gasteiger partial charge in [0.1, 0.15) is 0 Å². The fourth-order valence-electron chi connectivity index (χ4n) is 2.97. The highest BCUT2D eigenvalue weighted by atomic mass is 32.2. The summed E-state index contributed by atoms with van der Waals surface area (Å²) >= 11 is 1.42. The van der Waals surface area contributed by atoms with Crippen molar-refractivity contribution >= 4 is 17.7 Å². The molecule has 1 fully saturated rings. The van der Waals surface area contributed by atoms with E-state index in [0.29, 0.717) is 28.8 Å². The molecule has 1 saturated carbocycles. The molecule has 2 rings (SSSR count). The fourth-order valence-corrected chi connectivity index (χ4v) is 3.72. The smallest absolute Gasteiger partial charge is 0.230 e. The summed E-state index contributed by atoms with van der Waals surface area (Å²) in [7, 11) is 0. The zero-order valence-electron chi connectivity index (χ0n) is 14.3. The summed E-state index contributed by atoms with van der Waals surface area (Å²) in [6.45, 7) is 10.5.